The molecule has 0 unspecified atom stereocenters. The summed E-state index contributed by atoms with van der Waals surface area (Å²) in [6, 6.07) is 9.95. The number of rotatable bonds is 9. The van der Waals surface area contributed by atoms with Gasteiger partial charge < -0.3 is 8.92 Å². The molecule has 8 heteroatoms. The molecular weight excluding hydrogens is 382 g/mol. The fourth-order valence-electron chi connectivity index (χ4n) is 2.79. The highest BCUT2D eigenvalue weighted by molar-refractivity contribution is 7.87. The number of unbranched alkanes of at least 4 members (excludes halogenated alkanes) is 3. The number of benzene rings is 2. The van der Waals surface area contributed by atoms with Crippen LogP contribution < -0.4 is 14.2 Å². The first kappa shape index (κ1) is 19.9. The maximum Gasteiger partial charge on any atom is 0.339 e. The van der Waals surface area contributed by atoms with Crippen molar-refractivity contribution in [1.82, 2.24) is 5.32 Å². The van der Waals surface area contributed by atoms with Crippen molar-refractivity contribution >= 4 is 21.9 Å². The van der Waals surface area contributed by atoms with Gasteiger partial charge in [-0.05, 0) is 48.9 Å². The van der Waals surface area contributed by atoms with Gasteiger partial charge in [0.25, 0.3) is 11.8 Å². The maximum absolute atomic E-state index is 12.5. The van der Waals surface area contributed by atoms with Crippen LogP contribution in [0.25, 0.3) is 0 Å². The van der Waals surface area contributed by atoms with Gasteiger partial charge in [0, 0.05) is 0 Å². The summed E-state index contributed by atoms with van der Waals surface area (Å²) < 4.78 is 35.7. The zero-order valence-corrected chi connectivity index (χ0v) is 16.3. The molecule has 0 spiro atoms. The molecule has 0 aliphatic carbocycles. The van der Waals surface area contributed by atoms with E-state index in [4.69, 9.17) is 8.92 Å². The SMILES string of the molecule is CCCCCCOc1ccc(OS(=O)(=O)c2ccc3c(c2)C(=O)NC3=O)cc1. The fourth-order valence-corrected chi connectivity index (χ4v) is 3.75. The molecule has 2 aromatic carbocycles. The van der Waals surface area contributed by atoms with Crippen LogP contribution in [0.3, 0.4) is 0 Å². The van der Waals surface area contributed by atoms with E-state index in [1.165, 1.54) is 30.7 Å². The predicted octanol–water partition coefficient (Wildman–Crippen LogP) is 3.30. The number of nitrogens with one attached hydrogen (secondary N) is 1. The van der Waals surface area contributed by atoms with E-state index in [0.717, 1.165) is 25.3 Å². The van der Waals surface area contributed by atoms with E-state index in [1.54, 1.807) is 12.1 Å². The molecule has 28 heavy (non-hydrogen) atoms. The lowest BCUT2D eigenvalue weighted by molar-refractivity contribution is 0.0879. The standard InChI is InChI=1S/C20H21NO6S/c1-2-3-4-5-12-26-14-6-8-15(9-7-14)27-28(24,25)16-10-11-17-18(13-16)20(23)21-19(17)22/h6-11,13H,2-5,12H2,1H3,(H,21,22,23). The summed E-state index contributed by atoms with van der Waals surface area (Å²) in [6.45, 7) is 2.75. The molecule has 0 radical (unpaired) electrons. The fraction of sp³-hybridized carbons (Fsp3) is 0.300. The average molecular weight is 403 g/mol. The van der Waals surface area contributed by atoms with Crippen LogP contribution in [0, 0.1) is 0 Å². The van der Waals surface area contributed by atoms with Crippen molar-refractivity contribution in [3.05, 3.63) is 53.6 Å². The first-order valence-electron chi connectivity index (χ1n) is 9.08. The van der Waals surface area contributed by atoms with E-state index < -0.39 is 21.9 Å². The molecule has 0 saturated carbocycles. The van der Waals surface area contributed by atoms with Crippen molar-refractivity contribution in [2.45, 2.75) is 37.5 Å². The van der Waals surface area contributed by atoms with Crippen LogP contribution in [0.4, 0.5) is 0 Å². The molecule has 0 bridgehead atoms. The van der Waals surface area contributed by atoms with Crippen molar-refractivity contribution in [3.8, 4) is 11.5 Å². The molecule has 3 rings (SSSR count). The summed E-state index contributed by atoms with van der Waals surface area (Å²) in [6.07, 6.45) is 4.41. The largest absolute Gasteiger partial charge is 0.494 e. The van der Waals surface area contributed by atoms with Crippen molar-refractivity contribution in [2.24, 2.45) is 0 Å². The Morgan fingerprint density at radius 1 is 0.857 bits per heavy atom. The summed E-state index contributed by atoms with van der Waals surface area (Å²) in [4.78, 5) is 23.1. The van der Waals surface area contributed by atoms with Crippen LogP contribution in [0.5, 0.6) is 11.5 Å². The van der Waals surface area contributed by atoms with Gasteiger partial charge >= 0.3 is 10.1 Å². The number of ether oxygens (including phenoxy) is 1. The molecular formula is C20H21NO6S. The van der Waals surface area contributed by atoms with Crippen molar-refractivity contribution in [2.75, 3.05) is 6.61 Å². The number of hydrogen-bond acceptors (Lipinski definition) is 6. The van der Waals surface area contributed by atoms with Crippen molar-refractivity contribution in [3.63, 3.8) is 0 Å². The normalized spacial score (nSPS) is 13.2. The van der Waals surface area contributed by atoms with Crippen LogP contribution in [0.15, 0.2) is 47.4 Å². The third-order valence-corrected chi connectivity index (χ3v) is 5.54. The monoisotopic (exact) mass is 403 g/mol. The lowest BCUT2D eigenvalue weighted by Crippen LogP contribution is -2.19. The van der Waals surface area contributed by atoms with Crippen LogP contribution in [-0.4, -0.2) is 26.8 Å². The maximum atomic E-state index is 12.5. The Kier molecular flexibility index (Phi) is 5.99. The summed E-state index contributed by atoms with van der Waals surface area (Å²) in [7, 11) is -4.15. The molecule has 1 heterocycles. The first-order valence-corrected chi connectivity index (χ1v) is 10.5. The molecule has 7 nitrogen and oxygen atoms in total. The van der Waals surface area contributed by atoms with E-state index in [9.17, 15) is 18.0 Å². The lowest BCUT2D eigenvalue weighted by atomic mass is 10.1. The number of imide groups is 1. The highest BCUT2D eigenvalue weighted by atomic mass is 32.2. The zero-order valence-electron chi connectivity index (χ0n) is 15.4. The molecule has 1 N–H and O–H groups in total. The molecule has 2 aromatic rings. The van der Waals surface area contributed by atoms with E-state index in [0.29, 0.717) is 12.4 Å². The van der Waals surface area contributed by atoms with E-state index in [-0.39, 0.29) is 21.8 Å². The molecule has 0 atom stereocenters. The number of hydrogen-bond donors (Lipinski definition) is 1. The predicted molar refractivity (Wildman–Crippen MR) is 102 cm³/mol. The number of carbonyl (C=O) groups excluding carboxylic acids is 2. The molecule has 1 aliphatic rings. The highest BCUT2D eigenvalue weighted by Gasteiger charge is 2.29. The Morgan fingerprint density at radius 2 is 1.54 bits per heavy atom. The summed E-state index contributed by atoms with van der Waals surface area (Å²) in [5.41, 5.74) is 0.158. The average Bonchev–Trinajstić information content (AvgIpc) is 2.96. The Morgan fingerprint density at radius 3 is 2.25 bits per heavy atom. The van der Waals surface area contributed by atoms with Gasteiger partial charge in [0.05, 0.1) is 17.7 Å². The van der Waals surface area contributed by atoms with Crippen LogP contribution in [0.2, 0.25) is 0 Å². The van der Waals surface area contributed by atoms with Gasteiger partial charge in [0.15, 0.2) is 0 Å². The molecule has 148 valence electrons. The number of carbonyl (C=O) groups is 2. The Hall–Kier alpha value is -2.87. The Bertz CT molecular complexity index is 982. The quantitative estimate of drug-likeness (QED) is 0.392. The third-order valence-electron chi connectivity index (χ3n) is 4.29. The first-order chi connectivity index (χ1) is 13.4. The Balaban J connectivity index is 1.65. The molecule has 0 aromatic heterocycles. The number of fused-ring (bicyclic) bond motifs is 1. The van der Waals surface area contributed by atoms with Gasteiger partial charge in [-0.1, -0.05) is 26.2 Å². The molecule has 1 aliphatic heterocycles. The minimum atomic E-state index is -4.15. The minimum Gasteiger partial charge on any atom is -0.494 e. The van der Waals surface area contributed by atoms with Crippen LogP contribution >= 0.6 is 0 Å². The van der Waals surface area contributed by atoms with Gasteiger partial charge in [-0.25, -0.2) is 0 Å². The van der Waals surface area contributed by atoms with Crippen molar-refractivity contribution in [1.29, 1.82) is 0 Å². The summed E-state index contributed by atoms with van der Waals surface area (Å²) >= 11 is 0. The second-order valence-electron chi connectivity index (χ2n) is 6.41. The smallest absolute Gasteiger partial charge is 0.339 e. The van der Waals surface area contributed by atoms with E-state index in [2.05, 4.69) is 12.2 Å². The van der Waals surface area contributed by atoms with Crippen LogP contribution in [-0.2, 0) is 10.1 Å². The second-order valence-corrected chi connectivity index (χ2v) is 7.95. The highest BCUT2D eigenvalue weighted by Crippen LogP contribution is 2.25. The number of amides is 2. The van der Waals surface area contributed by atoms with Gasteiger partial charge in [0.2, 0.25) is 0 Å². The molecule has 0 fully saturated rings. The second kappa shape index (κ2) is 8.43. The third kappa shape index (κ3) is 4.51. The molecule has 0 saturated heterocycles. The lowest BCUT2D eigenvalue weighted by Gasteiger charge is -2.09. The van der Waals surface area contributed by atoms with Gasteiger partial charge in [0.1, 0.15) is 16.4 Å². The zero-order chi connectivity index (χ0) is 20.1. The van der Waals surface area contributed by atoms with Crippen LogP contribution in [0.1, 0.15) is 53.3 Å². The van der Waals surface area contributed by atoms with Crippen molar-refractivity contribution < 1.29 is 26.9 Å². The minimum absolute atomic E-state index is 0.0153. The van der Waals surface area contributed by atoms with E-state index in [1.807, 2.05) is 0 Å². The summed E-state index contributed by atoms with van der Waals surface area (Å²) in [5, 5.41) is 2.12. The summed E-state index contributed by atoms with van der Waals surface area (Å²) in [5.74, 6) is -0.416. The Labute approximate surface area is 163 Å². The molecule has 2 amide bonds. The van der Waals surface area contributed by atoms with Gasteiger partial charge in [-0.15, -0.1) is 0 Å². The van der Waals surface area contributed by atoms with Gasteiger partial charge in [-0.3, -0.25) is 14.9 Å². The van der Waals surface area contributed by atoms with E-state index >= 15 is 0 Å². The topological polar surface area (TPSA) is 98.8 Å². The van der Waals surface area contributed by atoms with Gasteiger partial charge in [-0.2, -0.15) is 8.42 Å².